The van der Waals surface area contributed by atoms with Gasteiger partial charge in [-0.05, 0) is 18.3 Å². The molecule has 1 aromatic heterocycles. The molecule has 16 heavy (non-hydrogen) atoms. The number of H-pyrrole nitrogens is 1. The molecular weight excluding hydrogens is 200 g/mol. The van der Waals surface area contributed by atoms with Crippen molar-refractivity contribution in [3.05, 3.63) is 5.82 Å². The molecule has 1 unspecified atom stereocenters. The van der Waals surface area contributed by atoms with Crippen LogP contribution >= 0.6 is 0 Å². The van der Waals surface area contributed by atoms with E-state index in [0.717, 1.165) is 24.1 Å². The third kappa shape index (κ3) is 4.29. The van der Waals surface area contributed by atoms with Gasteiger partial charge in [-0.15, -0.1) is 10.2 Å². The van der Waals surface area contributed by atoms with E-state index < -0.39 is 0 Å². The summed E-state index contributed by atoms with van der Waals surface area (Å²) in [7, 11) is 0. The molecule has 0 radical (unpaired) electrons. The van der Waals surface area contributed by atoms with Crippen LogP contribution in [0.3, 0.4) is 0 Å². The molecule has 0 fully saturated rings. The standard InChI is InChI=1S/C12H24N4/c1-4-6-7-11(10(3)5-2)8-9-12-13-15-16-14-12/h10-11H,4-9H2,1-3H3,(H,13,14,15,16)/t10?,11-/m0/s1. The van der Waals surface area contributed by atoms with Gasteiger partial charge in [-0.2, -0.15) is 5.21 Å². The van der Waals surface area contributed by atoms with Gasteiger partial charge in [0.1, 0.15) is 0 Å². The lowest BCUT2D eigenvalue weighted by Crippen LogP contribution is -2.12. The Labute approximate surface area is 98.2 Å². The summed E-state index contributed by atoms with van der Waals surface area (Å²) in [5.74, 6) is 2.46. The summed E-state index contributed by atoms with van der Waals surface area (Å²) in [6.07, 6.45) is 7.37. The Morgan fingerprint density at radius 1 is 1.25 bits per heavy atom. The van der Waals surface area contributed by atoms with Crippen molar-refractivity contribution in [2.45, 2.75) is 59.3 Å². The normalized spacial score (nSPS) is 14.9. The monoisotopic (exact) mass is 224 g/mol. The van der Waals surface area contributed by atoms with Crippen molar-refractivity contribution in [1.82, 2.24) is 20.6 Å². The van der Waals surface area contributed by atoms with Gasteiger partial charge in [-0.3, -0.25) is 0 Å². The van der Waals surface area contributed by atoms with Crippen molar-refractivity contribution in [1.29, 1.82) is 0 Å². The smallest absolute Gasteiger partial charge is 0.174 e. The second-order valence-corrected chi connectivity index (χ2v) is 4.65. The van der Waals surface area contributed by atoms with Gasteiger partial charge in [0.2, 0.25) is 0 Å². The predicted molar refractivity (Wildman–Crippen MR) is 65.0 cm³/mol. The highest BCUT2D eigenvalue weighted by Gasteiger charge is 2.16. The van der Waals surface area contributed by atoms with E-state index in [-0.39, 0.29) is 0 Å². The summed E-state index contributed by atoms with van der Waals surface area (Å²) < 4.78 is 0. The van der Waals surface area contributed by atoms with E-state index in [0.29, 0.717) is 0 Å². The van der Waals surface area contributed by atoms with Crippen molar-refractivity contribution in [3.63, 3.8) is 0 Å². The minimum absolute atomic E-state index is 0.804. The van der Waals surface area contributed by atoms with Gasteiger partial charge in [0.25, 0.3) is 0 Å². The average molecular weight is 224 g/mol. The van der Waals surface area contributed by atoms with Gasteiger partial charge < -0.3 is 0 Å². The highest BCUT2D eigenvalue weighted by molar-refractivity contribution is 4.78. The number of unbranched alkanes of at least 4 members (excludes halogenated alkanes) is 1. The molecule has 0 amide bonds. The van der Waals surface area contributed by atoms with Crippen LogP contribution < -0.4 is 0 Å². The van der Waals surface area contributed by atoms with Crippen LogP contribution in [0, 0.1) is 11.8 Å². The summed E-state index contributed by atoms with van der Waals surface area (Å²) in [6, 6.07) is 0. The Morgan fingerprint density at radius 3 is 2.62 bits per heavy atom. The SMILES string of the molecule is CCCC[C@@H](CCc1nn[nH]n1)C(C)CC. The highest BCUT2D eigenvalue weighted by Crippen LogP contribution is 2.25. The fraction of sp³-hybridized carbons (Fsp3) is 0.917. The van der Waals surface area contributed by atoms with Crippen LogP contribution in [-0.2, 0) is 6.42 Å². The largest absolute Gasteiger partial charge is 0.177 e. The van der Waals surface area contributed by atoms with E-state index >= 15 is 0 Å². The van der Waals surface area contributed by atoms with Crippen LogP contribution in [0.15, 0.2) is 0 Å². The Balaban J connectivity index is 2.37. The Hall–Kier alpha value is -0.930. The summed E-state index contributed by atoms with van der Waals surface area (Å²) in [6.45, 7) is 6.89. The lowest BCUT2D eigenvalue weighted by atomic mass is 9.84. The van der Waals surface area contributed by atoms with E-state index in [1.54, 1.807) is 0 Å². The number of hydrogen-bond acceptors (Lipinski definition) is 3. The number of aromatic nitrogens is 4. The third-order valence-electron chi connectivity index (χ3n) is 3.51. The van der Waals surface area contributed by atoms with E-state index in [1.165, 1.54) is 32.1 Å². The van der Waals surface area contributed by atoms with E-state index in [9.17, 15) is 0 Å². The Bertz CT molecular complexity index is 258. The van der Waals surface area contributed by atoms with Crippen molar-refractivity contribution < 1.29 is 0 Å². The highest BCUT2D eigenvalue weighted by atomic mass is 15.5. The molecule has 4 heteroatoms. The van der Waals surface area contributed by atoms with Gasteiger partial charge in [-0.25, -0.2) is 0 Å². The molecule has 1 rings (SSSR count). The number of aryl methyl sites for hydroxylation is 1. The van der Waals surface area contributed by atoms with Crippen LogP contribution in [0.4, 0.5) is 0 Å². The van der Waals surface area contributed by atoms with Gasteiger partial charge in [0.05, 0.1) is 0 Å². The Morgan fingerprint density at radius 2 is 2.06 bits per heavy atom. The fourth-order valence-electron chi connectivity index (χ4n) is 2.12. The molecule has 2 atom stereocenters. The van der Waals surface area contributed by atoms with Crippen molar-refractivity contribution >= 4 is 0 Å². The molecule has 0 spiro atoms. The quantitative estimate of drug-likeness (QED) is 0.738. The lowest BCUT2D eigenvalue weighted by molar-refractivity contribution is 0.298. The molecule has 0 aliphatic heterocycles. The van der Waals surface area contributed by atoms with E-state index in [2.05, 4.69) is 41.4 Å². The van der Waals surface area contributed by atoms with Crippen LogP contribution in [0.1, 0.15) is 58.7 Å². The van der Waals surface area contributed by atoms with Crippen LogP contribution in [0.2, 0.25) is 0 Å². The van der Waals surface area contributed by atoms with Crippen molar-refractivity contribution in [2.75, 3.05) is 0 Å². The topological polar surface area (TPSA) is 54.5 Å². The molecule has 4 nitrogen and oxygen atoms in total. The van der Waals surface area contributed by atoms with Gasteiger partial charge >= 0.3 is 0 Å². The second kappa shape index (κ2) is 7.36. The molecule has 0 saturated heterocycles. The van der Waals surface area contributed by atoms with Gasteiger partial charge in [0.15, 0.2) is 5.82 Å². The first kappa shape index (κ1) is 13.1. The number of nitrogens with one attached hydrogen (secondary N) is 1. The first-order valence-electron chi connectivity index (χ1n) is 6.50. The number of rotatable bonds is 8. The van der Waals surface area contributed by atoms with Crippen LogP contribution in [0.25, 0.3) is 0 Å². The minimum atomic E-state index is 0.804. The number of tetrazole rings is 1. The van der Waals surface area contributed by atoms with E-state index in [1.807, 2.05) is 0 Å². The summed E-state index contributed by atoms with van der Waals surface area (Å²) in [5, 5.41) is 14.1. The molecule has 0 aliphatic carbocycles. The molecule has 1 N–H and O–H groups in total. The molecule has 0 saturated carbocycles. The molecule has 0 aliphatic rings. The van der Waals surface area contributed by atoms with Crippen molar-refractivity contribution in [3.8, 4) is 0 Å². The average Bonchev–Trinajstić information content (AvgIpc) is 2.81. The minimum Gasteiger partial charge on any atom is -0.177 e. The van der Waals surface area contributed by atoms with Gasteiger partial charge in [-0.1, -0.05) is 51.7 Å². The first-order valence-corrected chi connectivity index (χ1v) is 6.50. The molecule has 92 valence electrons. The van der Waals surface area contributed by atoms with Crippen LogP contribution in [0.5, 0.6) is 0 Å². The zero-order valence-corrected chi connectivity index (χ0v) is 10.7. The summed E-state index contributed by atoms with van der Waals surface area (Å²) in [5.41, 5.74) is 0. The molecule has 0 bridgehead atoms. The zero-order valence-electron chi connectivity index (χ0n) is 10.7. The third-order valence-corrected chi connectivity index (χ3v) is 3.51. The van der Waals surface area contributed by atoms with E-state index in [4.69, 9.17) is 0 Å². The second-order valence-electron chi connectivity index (χ2n) is 4.65. The summed E-state index contributed by atoms with van der Waals surface area (Å²) >= 11 is 0. The summed E-state index contributed by atoms with van der Waals surface area (Å²) in [4.78, 5) is 0. The molecule has 1 heterocycles. The van der Waals surface area contributed by atoms with Crippen molar-refractivity contribution in [2.24, 2.45) is 11.8 Å². The molecular formula is C12H24N4. The first-order chi connectivity index (χ1) is 7.77. The molecule has 1 aromatic rings. The number of hydrogen-bond donors (Lipinski definition) is 1. The maximum absolute atomic E-state index is 4.01. The predicted octanol–water partition coefficient (Wildman–Crippen LogP) is 2.98. The maximum atomic E-state index is 4.01. The number of nitrogens with zero attached hydrogens (tertiary/aromatic N) is 3. The zero-order chi connectivity index (χ0) is 11.8. The molecule has 0 aromatic carbocycles. The number of aromatic amines is 1. The Kier molecular flexibility index (Phi) is 6.04. The maximum Gasteiger partial charge on any atom is 0.174 e. The van der Waals surface area contributed by atoms with Gasteiger partial charge in [0, 0.05) is 6.42 Å². The van der Waals surface area contributed by atoms with Crippen LogP contribution in [-0.4, -0.2) is 20.6 Å². The lowest BCUT2D eigenvalue weighted by Gasteiger charge is -2.22. The fourth-order valence-corrected chi connectivity index (χ4v) is 2.12.